The lowest BCUT2D eigenvalue weighted by Gasteiger charge is -2.11. The van der Waals surface area contributed by atoms with Gasteiger partial charge in [0, 0.05) is 24.0 Å². The minimum atomic E-state index is -0.279. The van der Waals surface area contributed by atoms with E-state index in [1.165, 1.54) is 12.1 Å². The average molecular weight is 396 g/mol. The molecule has 0 unspecified atom stereocenters. The number of halogens is 2. The van der Waals surface area contributed by atoms with Crippen LogP contribution in [0.15, 0.2) is 48.8 Å². The number of aryl methyl sites for hydroxylation is 2. The Morgan fingerprint density at radius 1 is 1.11 bits per heavy atom. The molecule has 0 aliphatic carbocycles. The van der Waals surface area contributed by atoms with E-state index in [1.807, 2.05) is 29.7 Å². The third-order valence-corrected chi connectivity index (χ3v) is 4.72. The van der Waals surface area contributed by atoms with E-state index in [0.717, 1.165) is 46.8 Å². The Morgan fingerprint density at radius 2 is 1.96 bits per heavy atom. The second-order valence-electron chi connectivity index (χ2n) is 6.59. The van der Waals surface area contributed by atoms with Crippen LogP contribution in [-0.4, -0.2) is 19.5 Å². The first-order valence-corrected chi connectivity index (χ1v) is 9.44. The van der Waals surface area contributed by atoms with Gasteiger partial charge in [-0.25, -0.2) is 14.4 Å². The van der Waals surface area contributed by atoms with Crippen molar-refractivity contribution in [1.29, 1.82) is 0 Å². The normalized spacial score (nSPS) is 11.1. The Hall–Kier alpha value is -2.99. The number of benzene rings is 1. The summed E-state index contributed by atoms with van der Waals surface area (Å²) in [5, 5.41) is 3.64. The van der Waals surface area contributed by atoms with Crippen LogP contribution in [0, 0.1) is 12.7 Å². The van der Waals surface area contributed by atoms with E-state index in [2.05, 4.69) is 27.2 Å². The molecular formula is C21H19ClFN5. The van der Waals surface area contributed by atoms with Crippen LogP contribution in [0.25, 0.3) is 22.4 Å². The van der Waals surface area contributed by atoms with Crippen molar-refractivity contribution in [2.45, 2.75) is 26.8 Å². The third kappa shape index (κ3) is 3.55. The number of imidazole rings is 1. The number of aromatic nitrogens is 4. The van der Waals surface area contributed by atoms with E-state index >= 15 is 0 Å². The van der Waals surface area contributed by atoms with Crippen molar-refractivity contribution >= 4 is 34.1 Å². The lowest BCUT2D eigenvalue weighted by molar-refractivity contribution is 0.627. The molecule has 0 amide bonds. The molecule has 5 nitrogen and oxygen atoms in total. The second kappa shape index (κ2) is 7.56. The number of hydrogen-bond acceptors (Lipinski definition) is 4. The molecule has 7 heteroatoms. The summed E-state index contributed by atoms with van der Waals surface area (Å²) in [5.41, 5.74) is 4.03. The summed E-state index contributed by atoms with van der Waals surface area (Å²) in [4.78, 5) is 13.4. The zero-order valence-corrected chi connectivity index (χ0v) is 16.3. The Labute approximate surface area is 167 Å². The number of pyridine rings is 2. The minimum absolute atomic E-state index is 0.279. The molecule has 142 valence electrons. The number of fused-ring (bicyclic) bond motifs is 1. The summed E-state index contributed by atoms with van der Waals surface area (Å²) in [5.74, 6) is 0.986. The molecule has 3 heterocycles. The molecule has 0 saturated carbocycles. The number of rotatable bonds is 5. The van der Waals surface area contributed by atoms with Crippen LogP contribution < -0.4 is 5.32 Å². The molecule has 0 bridgehead atoms. The van der Waals surface area contributed by atoms with Crippen LogP contribution >= 0.6 is 11.6 Å². The molecule has 3 aromatic heterocycles. The summed E-state index contributed by atoms with van der Waals surface area (Å²) >= 11 is 6.47. The fraction of sp³-hybridized carbons (Fsp3) is 0.190. The highest BCUT2D eigenvalue weighted by Crippen LogP contribution is 2.30. The van der Waals surface area contributed by atoms with Crippen molar-refractivity contribution in [3.63, 3.8) is 0 Å². The third-order valence-electron chi connectivity index (χ3n) is 4.43. The maximum atomic E-state index is 13.7. The van der Waals surface area contributed by atoms with Crippen LogP contribution in [0.1, 0.15) is 19.0 Å². The molecule has 4 aromatic rings. The Kier molecular flexibility index (Phi) is 4.96. The molecule has 0 aliphatic heterocycles. The van der Waals surface area contributed by atoms with Gasteiger partial charge in [0.2, 0.25) is 0 Å². The predicted molar refractivity (Wildman–Crippen MR) is 110 cm³/mol. The number of anilines is 2. The predicted octanol–water partition coefficient (Wildman–Crippen LogP) is 5.75. The highest BCUT2D eigenvalue weighted by molar-refractivity contribution is 6.33. The van der Waals surface area contributed by atoms with E-state index in [0.29, 0.717) is 10.8 Å². The van der Waals surface area contributed by atoms with Crippen molar-refractivity contribution < 1.29 is 4.39 Å². The van der Waals surface area contributed by atoms with Gasteiger partial charge in [0.05, 0.1) is 27.9 Å². The summed E-state index contributed by atoms with van der Waals surface area (Å²) in [6, 6.07) is 10.3. The quantitative estimate of drug-likeness (QED) is 0.467. The maximum absolute atomic E-state index is 13.7. The Balaban J connectivity index is 1.72. The largest absolute Gasteiger partial charge is 0.338 e. The van der Waals surface area contributed by atoms with Gasteiger partial charge in [0.1, 0.15) is 17.5 Å². The van der Waals surface area contributed by atoms with Crippen molar-refractivity contribution in [3.8, 4) is 11.4 Å². The first-order chi connectivity index (χ1) is 13.5. The van der Waals surface area contributed by atoms with Gasteiger partial charge < -0.3 is 9.88 Å². The number of hydrogen-bond donors (Lipinski definition) is 1. The van der Waals surface area contributed by atoms with Gasteiger partial charge in [-0.3, -0.25) is 4.98 Å². The first kappa shape index (κ1) is 18.4. The van der Waals surface area contributed by atoms with Crippen molar-refractivity contribution in [2.75, 3.05) is 5.32 Å². The summed E-state index contributed by atoms with van der Waals surface area (Å²) < 4.78 is 15.7. The van der Waals surface area contributed by atoms with Crippen LogP contribution in [0.5, 0.6) is 0 Å². The molecule has 1 N–H and O–H groups in total. The SMILES string of the molecule is CCCn1c(-c2cnc(Nc3ccc(C)nc3)c(Cl)c2)nc2ccc(F)cc21. The van der Waals surface area contributed by atoms with Crippen LogP contribution in [0.4, 0.5) is 15.9 Å². The fourth-order valence-corrected chi connectivity index (χ4v) is 3.31. The minimum Gasteiger partial charge on any atom is -0.338 e. The fourth-order valence-electron chi connectivity index (χ4n) is 3.10. The smallest absolute Gasteiger partial charge is 0.149 e. The van der Waals surface area contributed by atoms with E-state index in [1.54, 1.807) is 18.5 Å². The van der Waals surface area contributed by atoms with Crippen molar-refractivity contribution in [1.82, 2.24) is 19.5 Å². The van der Waals surface area contributed by atoms with Crippen molar-refractivity contribution in [2.24, 2.45) is 0 Å². The zero-order chi connectivity index (χ0) is 19.7. The molecular weight excluding hydrogens is 377 g/mol. The highest BCUT2D eigenvalue weighted by Gasteiger charge is 2.15. The molecule has 4 rings (SSSR count). The van der Waals surface area contributed by atoms with Crippen molar-refractivity contribution in [3.05, 3.63) is 65.3 Å². The number of nitrogens with one attached hydrogen (secondary N) is 1. The molecule has 0 spiro atoms. The summed E-state index contributed by atoms with van der Waals surface area (Å²) in [6.45, 7) is 4.72. The van der Waals surface area contributed by atoms with E-state index in [9.17, 15) is 4.39 Å². The van der Waals surface area contributed by atoms with E-state index in [4.69, 9.17) is 11.6 Å². The summed E-state index contributed by atoms with van der Waals surface area (Å²) in [7, 11) is 0. The van der Waals surface area contributed by atoms with Crippen LogP contribution in [0.2, 0.25) is 5.02 Å². The summed E-state index contributed by atoms with van der Waals surface area (Å²) in [6.07, 6.45) is 4.35. The molecule has 0 aliphatic rings. The highest BCUT2D eigenvalue weighted by atomic mass is 35.5. The Bertz CT molecular complexity index is 1140. The van der Waals surface area contributed by atoms with Gasteiger partial charge in [-0.15, -0.1) is 0 Å². The van der Waals surface area contributed by atoms with Gasteiger partial charge in [0.15, 0.2) is 0 Å². The first-order valence-electron chi connectivity index (χ1n) is 9.06. The molecule has 1 aromatic carbocycles. The van der Waals surface area contributed by atoms with Crippen LogP contribution in [0.3, 0.4) is 0 Å². The zero-order valence-electron chi connectivity index (χ0n) is 15.6. The average Bonchev–Trinajstić information content (AvgIpc) is 3.03. The molecule has 0 fully saturated rings. The van der Waals surface area contributed by atoms with E-state index in [-0.39, 0.29) is 5.82 Å². The van der Waals surface area contributed by atoms with Crippen LogP contribution in [-0.2, 0) is 6.54 Å². The van der Waals surface area contributed by atoms with Gasteiger partial charge in [-0.05, 0) is 49.7 Å². The Morgan fingerprint density at radius 3 is 2.68 bits per heavy atom. The molecule has 0 radical (unpaired) electrons. The maximum Gasteiger partial charge on any atom is 0.149 e. The second-order valence-corrected chi connectivity index (χ2v) is 6.99. The van der Waals surface area contributed by atoms with Gasteiger partial charge in [-0.1, -0.05) is 18.5 Å². The molecule has 0 atom stereocenters. The van der Waals surface area contributed by atoms with E-state index < -0.39 is 0 Å². The monoisotopic (exact) mass is 395 g/mol. The van der Waals surface area contributed by atoms with Gasteiger partial charge in [-0.2, -0.15) is 0 Å². The number of nitrogens with zero attached hydrogens (tertiary/aromatic N) is 4. The lowest BCUT2D eigenvalue weighted by atomic mass is 10.2. The molecule has 0 saturated heterocycles. The lowest BCUT2D eigenvalue weighted by Crippen LogP contribution is -2.01. The van der Waals surface area contributed by atoms with Gasteiger partial charge in [0.25, 0.3) is 0 Å². The standard InChI is InChI=1S/C21H19ClFN5/c1-3-8-28-19-10-15(23)5-7-18(19)27-21(28)14-9-17(22)20(25-11-14)26-16-6-4-13(2)24-12-16/h4-7,9-12H,3,8H2,1-2H3,(H,25,26). The van der Waals surface area contributed by atoms with Gasteiger partial charge >= 0.3 is 0 Å². The molecule has 28 heavy (non-hydrogen) atoms. The topological polar surface area (TPSA) is 55.6 Å².